The van der Waals surface area contributed by atoms with Crippen LogP contribution < -0.4 is 5.32 Å². The Morgan fingerprint density at radius 1 is 1.25 bits per heavy atom. The molecule has 0 aliphatic carbocycles. The fraction of sp³-hybridized carbons (Fsp3) is 0.500. The molecule has 0 aromatic heterocycles. The van der Waals surface area contributed by atoms with Crippen LogP contribution in [0.1, 0.15) is 28.8 Å². The molecule has 0 bridgehead atoms. The molecule has 0 saturated carbocycles. The van der Waals surface area contributed by atoms with Crippen LogP contribution in [0.4, 0.5) is 0 Å². The first kappa shape index (κ1) is 15.9. The number of nitrogens with one attached hydrogen (secondary N) is 1. The number of hydrogen-bond donors (Lipinski definition) is 1. The van der Waals surface area contributed by atoms with E-state index >= 15 is 0 Å². The van der Waals surface area contributed by atoms with E-state index in [1.807, 2.05) is 30.0 Å². The smallest absolute Gasteiger partial charge is 0.252 e. The summed E-state index contributed by atoms with van der Waals surface area (Å²) in [7, 11) is 0. The molecule has 1 heterocycles. The predicted molar refractivity (Wildman–Crippen MR) is 83.5 cm³/mol. The zero-order chi connectivity index (χ0) is 14.8. The van der Waals surface area contributed by atoms with E-state index in [9.17, 15) is 4.79 Å². The topological polar surface area (TPSA) is 32.3 Å². The summed E-state index contributed by atoms with van der Waals surface area (Å²) in [6.07, 6.45) is 1.50. The highest BCUT2D eigenvalue weighted by Crippen LogP contribution is 2.33. The SMILES string of the molecule is Cc1ccccc1C(=O)N[C@H](N1CCCC1)C(Cl)(Cl)Cl. The number of carbonyl (C=O) groups excluding carboxylic acids is 1. The fourth-order valence-electron chi connectivity index (χ4n) is 2.41. The first-order chi connectivity index (χ1) is 9.39. The Labute approximate surface area is 134 Å². The standard InChI is InChI=1S/C14H17Cl3N2O/c1-10-6-2-3-7-11(10)12(20)18-13(14(15,16)17)19-8-4-5-9-19/h2-3,6-7,13H,4-5,8-9H2,1H3,(H,18,20)/t13-/m1/s1. The van der Waals surface area contributed by atoms with Gasteiger partial charge in [-0.15, -0.1) is 0 Å². The van der Waals surface area contributed by atoms with Crippen molar-refractivity contribution in [3.8, 4) is 0 Å². The summed E-state index contributed by atoms with van der Waals surface area (Å²) in [4.78, 5) is 14.4. The van der Waals surface area contributed by atoms with Crippen molar-refractivity contribution < 1.29 is 4.79 Å². The van der Waals surface area contributed by atoms with Crippen molar-refractivity contribution in [2.45, 2.75) is 29.7 Å². The number of likely N-dealkylation sites (tertiary alicyclic amines) is 1. The minimum Gasteiger partial charge on any atom is -0.332 e. The Hall–Kier alpha value is -0.480. The Kier molecular flexibility index (Phi) is 5.19. The zero-order valence-electron chi connectivity index (χ0n) is 11.2. The van der Waals surface area contributed by atoms with Gasteiger partial charge in [-0.25, -0.2) is 0 Å². The number of carbonyl (C=O) groups is 1. The van der Waals surface area contributed by atoms with Crippen molar-refractivity contribution >= 4 is 40.7 Å². The molecular formula is C14H17Cl3N2O. The average Bonchev–Trinajstić information content (AvgIpc) is 2.88. The maximum absolute atomic E-state index is 12.4. The number of amides is 1. The van der Waals surface area contributed by atoms with Gasteiger partial charge in [-0.05, 0) is 31.4 Å². The number of benzene rings is 1. The number of halogens is 3. The van der Waals surface area contributed by atoms with Gasteiger partial charge in [0.05, 0.1) is 0 Å². The van der Waals surface area contributed by atoms with Gasteiger partial charge < -0.3 is 5.32 Å². The van der Waals surface area contributed by atoms with Gasteiger partial charge >= 0.3 is 0 Å². The second-order valence-corrected chi connectivity index (χ2v) is 7.34. The van der Waals surface area contributed by atoms with Crippen molar-refractivity contribution in [3.63, 3.8) is 0 Å². The lowest BCUT2D eigenvalue weighted by Crippen LogP contribution is -2.54. The van der Waals surface area contributed by atoms with Gasteiger partial charge in [-0.3, -0.25) is 9.69 Å². The molecule has 1 amide bonds. The molecule has 0 unspecified atom stereocenters. The third-order valence-electron chi connectivity index (χ3n) is 3.47. The zero-order valence-corrected chi connectivity index (χ0v) is 13.5. The lowest BCUT2D eigenvalue weighted by molar-refractivity contribution is 0.0873. The first-order valence-electron chi connectivity index (χ1n) is 6.57. The normalized spacial score (nSPS) is 18.0. The second-order valence-electron chi connectivity index (χ2n) is 4.98. The van der Waals surface area contributed by atoms with E-state index in [-0.39, 0.29) is 5.91 Å². The molecule has 1 aromatic rings. The molecule has 1 N–H and O–H groups in total. The Balaban J connectivity index is 2.16. The summed E-state index contributed by atoms with van der Waals surface area (Å²) in [6.45, 7) is 3.54. The van der Waals surface area contributed by atoms with Gasteiger partial charge in [0, 0.05) is 18.7 Å². The van der Waals surface area contributed by atoms with Gasteiger partial charge in [0.25, 0.3) is 5.91 Å². The van der Waals surface area contributed by atoms with Crippen molar-refractivity contribution in [1.82, 2.24) is 10.2 Å². The second kappa shape index (κ2) is 6.52. The molecule has 1 aliphatic rings. The van der Waals surface area contributed by atoms with Crippen LogP contribution in [0.15, 0.2) is 24.3 Å². The maximum atomic E-state index is 12.4. The van der Waals surface area contributed by atoms with Crippen molar-refractivity contribution in [2.24, 2.45) is 0 Å². The van der Waals surface area contributed by atoms with Crippen LogP contribution in [0.2, 0.25) is 0 Å². The summed E-state index contributed by atoms with van der Waals surface area (Å²) in [6, 6.07) is 7.36. The number of alkyl halides is 3. The van der Waals surface area contributed by atoms with Crippen LogP contribution in [-0.4, -0.2) is 33.9 Å². The van der Waals surface area contributed by atoms with Gasteiger partial charge in [0.2, 0.25) is 3.79 Å². The molecule has 2 rings (SSSR count). The van der Waals surface area contributed by atoms with Gasteiger partial charge in [0.15, 0.2) is 0 Å². The fourth-order valence-corrected chi connectivity index (χ4v) is 2.99. The maximum Gasteiger partial charge on any atom is 0.252 e. The molecular weight excluding hydrogens is 319 g/mol. The average molecular weight is 336 g/mol. The van der Waals surface area contributed by atoms with Crippen LogP contribution in [0.25, 0.3) is 0 Å². The number of nitrogens with zero attached hydrogens (tertiary/aromatic N) is 1. The third-order valence-corrected chi connectivity index (χ3v) is 4.09. The Morgan fingerprint density at radius 2 is 1.85 bits per heavy atom. The molecule has 1 saturated heterocycles. The summed E-state index contributed by atoms with van der Waals surface area (Å²) in [5, 5.41) is 2.85. The third kappa shape index (κ3) is 3.79. The van der Waals surface area contributed by atoms with E-state index in [1.165, 1.54) is 0 Å². The summed E-state index contributed by atoms with van der Waals surface area (Å²) < 4.78 is -1.55. The molecule has 3 nitrogen and oxygen atoms in total. The molecule has 0 radical (unpaired) electrons. The number of aryl methyl sites for hydroxylation is 1. The van der Waals surface area contributed by atoms with E-state index in [1.54, 1.807) is 6.07 Å². The predicted octanol–water partition coefficient (Wildman–Crippen LogP) is 3.52. The highest BCUT2D eigenvalue weighted by Gasteiger charge is 2.39. The van der Waals surface area contributed by atoms with Crippen LogP contribution in [-0.2, 0) is 0 Å². The highest BCUT2D eigenvalue weighted by molar-refractivity contribution is 6.68. The van der Waals surface area contributed by atoms with Crippen molar-refractivity contribution in [1.29, 1.82) is 0 Å². The highest BCUT2D eigenvalue weighted by atomic mass is 35.6. The van der Waals surface area contributed by atoms with Gasteiger partial charge in [0.1, 0.15) is 6.17 Å². The van der Waals surface area contributed by atoms with Gasteiger partial charge in [-0.1, -0.05) is 53.0 Å². The van der Waals surface area contributed by atoms with Crippen LogP contribution in [0, 0.1) is 6.92 Å². The van der Waals surface area contributed by atoms with Crippen molar-refractivity contribution in [2.75, 3.05) is 13.1 Å². The molecule has 110 valence electrons. The van der Waals surface area contributed by atoms with Crippen molar-refractivity contribution in [3.05, 3.63) is 35.4 Å². The summed E-state index contributed by atoms with van der Waals surface area (Å²) >= 11 is 18.1. The Bertz CT molecular complexity index is 482. The molecule has 0 spiro atoms. The molecule has 1 aliphatic heterocycles. The minimum atomic E-state index is -1.55. The van der Waals surface area contributed by atoms with Crippen LogP contribution in [0.5, 0.6) is 0 Å². The monoisotopic (exact) mass is 334 g/mol. The minimum absolute atomic E-state index is 0.216. The molecule has 1 aromatic carbocycles. The van der Waals surface area contributed by atoms with E-state index in [0.29, 0.717) is 5.56 Å². The van der Waals surface area contributed by atoms with E-state index in [2.05, 4.69) is 5.32 Å². The quantitative estimate of drug-likeness (QED) is 0.857. The summed E-state index contributed by atoms with van der Waals surface area (Å²) in [5.41, 5.74) is 1.50. The molecule has 1 atom stereocenters. The van der Waals surface area contributed by atoms with Gasteiger partial charge in [-0.2, -0.15) is 0 Å². The Morgan fingerprint density at radius 3 is 2.40 bits per heavy atom. The molecule has 6 heteroatoms. The first-order valence-corrected chi connectivity index (χ1v) is 7.70. The summed E-state index contributed by atoms with van der Waals surface area (Å²) in [5.74, 6) is -0.216. The van der Waals surface area contributed by atoms with Crippen LogP contribution in [0.3, 0.4) is 0 Å². The van der Waals surface area contributed by atoms with E-state index in [4.69, 9.17) is 34.8 Å². The van der Waals surface area contributed by atoms with E-state index < -0.39 is 9.96 Å². The lowest BCUT2D eigenvalue weighted by atomic mass is 10.1. The van der Waals surface area contributed by atoms with Crippen LogP contribution >= 0.6 is 34.8 Å². The molecule has 20 heavy (non-hydrogen) atoms. The number of hydrogen-bond acceptors (Lipinski definition) is 2. The largest absolute Gasteiger partial charge is 0.332 e. The number of rotatable bonds is 3. The lowest BCUT2D eigenvalue weighted by Gasteiger charge is -2.33. The van der Waals surface area contributed by atoms with E-state index in [0.717, 1.165) is 31.5 Å². The molecule has 1 fully saturated rings.